The van der Waals surface area contributed by atoms with Crippen molar-refractivity contribution in [3.63, 3.8) is 0 Å². The quantitative estimate of drug-likeness (QED) is 0.743. The van der Waals surface area contributed by atoms with Crippen molar-refractivity contribution in [2.45, 2.75) is 13.8 Å². The van der Waals surface area contributed by atoms with Crippen LogP contribution >= 0.6 is 0 Å². The van der Waals surface area contributed by atoms with Gasteiger partial charge >= 0.3 is 0 Å². The summed E-state index contributed by atoms with van der Waals surface area (Å²) in [4.78, 5) is 16.4. The second kappa shape index (κ2) is 5.40. The lowest BCUT2D eigenvalue weighted by molar-refractivity contribution is 0.0208. The fourth-order valence-electron chi connectivity index (χ4n) is 0.922. The third kappa shape index (κ3) is 3.58. The molecule has 0 saturated carbocycles. The van der Waals surface area contributed by atoms with Gasteiger partial charge in [0, 0.05) is 5.56 Å². The first kappa shape index (κ1) is 10.7. The van der Waals surface area contributed by atoms with Crippen molar-refractivity contribution in [3.05, 3.63) is 35.9 Å². The third-order valence-corrected chi connectivity index (χ3v) is 1.62. The Bertz CT molecular complexity index is 283. The molecule has 76 valence electrons. The zero-order valence-electron chi connectivity index (χ0n) is 8.49. The largest absolute Gasteiger partial charge is 0.274 e. The van der Waals surface area contributed by atoms with E-state index in [1.165, 1.54) is 0 Å². The summed E-state index contributed by atoms with van der Waals surface area (Å²) in [6, 6.07) is 8.99. The summed E-state index contributed by atoms with van der Waals surface area (Å²) in [6.45, 7) is 4.57. The second-order valence-electron chi connectivity index (χ2n) is 3.50. The van der Waals surface area contributed by atoms with Crippen LogP contribution in [0, 0.1) is 5.92 Å². The molecule has 1 aromatic rings. The van der Waals surface area contributed by atoms with E-state index in [0.717, 1.165) is 0 Å². The minimum Gasteiger partial charge on any atom is -0.273 e. The first-order valence-electron chi connectivity index (χ1n) is 4.67. The Kier molecular flexibility index (Phi) is 4.13. The average Bonchev–Trinajstić information content (AvgIpc) is 2.18. The Balaban J connectivity index is 2.36. The fourth-order valence-corrected chi connectivity index (χ4v) is 0.922. The zero-order chi connectivity index (χ0) is 10.4. The van der Waals surface area contributed by atoms with Crippen molar-refractivity contribution in [2.24, 2.45) is 5.92 Å². The molecule has 1 amide bonds. The Labute approximate surface area is 84.0 Å². The SMILES string of the molecule is CC(C)CONC(=O)c1ccccc1. The summed E-state index contributed by atoms with van der Waals surface area (Å²) in [5.41, 5.74) is 3.00. The number of hydrogen-bond acceptors (Lipinski definition) is 2. The van der Waals surface area contributed by atoms with Crippen LogP contribution in [0.15, 0.2) is 30.3 Å². The summed E-state index contributed by atoms with van der Waals surface area (Å²) in [5, 5.41) is 0. The molecule has 3 heteroatoms. The molecule has 0 aliphatic carbocycles. The van der Waals surface area contributed by atoms with E-state index in [-0.39, 0.29) is 5.91 Å². The first-order valence-corrected chi connectivity index (χ1v) is 4.67. The molecule has 0 heterocycles. The van der Waals surface area contributed by atoms with Crippen LogP contribution in [0.4, 0.5) is 0 Å². The molecule has 0 unspecified atom stereocenters. The lowest BCUT2D eigenvalue weighted by Gasteiger charge is -2.07. The number of nitrogens with one attached hydrogen (secondary N) is 1. The van der Waals surface area contributed by atoms with Gasteiger partial charge in [0.15, 0.2) is 0 Å². The molecule has 14 heavy (non-hydrogen) atoms. The number of hydroxylamine groups is 1. The monoisotopic (exact) mass is 193 g/mol. The molecular formula is C11H15NO2. The molecule has 0 spiro atoms. The number of rotatable bonds is 4. The van der Waals surface area contributed by atoms with E-state index in [4.69, 9.17) is 4.84 Å². The minimum atomic E-state index is -0.203. The lowest BCUT2D eigenvalue weighted by atomic mass is 10.2. The predicted octanol–water partition coefficient (Wildman–Crippen LogP) is 2.00. The van der Waals surface area contributed by atoms with E-state index in [2.05, 4.69) is 5.48 Å². The van der Waals surface area contributed by atoms with Crippen molar-refractivity contribution in [1.29, 1.82) is 0 Å². The molecule has 0 atom stereocenters. The number of carbonyl (C=O) groups excluding carboxylic acids is 1. The summed E-state index contributed by atoms with van der Waals surface area (Å²) in [7, 11) is 0. The van der Waals surface area contributed by atoms with E-state index in [1.807, 2.05) is 32.0 Å². The molecule has 1 rings (SSSR count). The van der Waals surface area contributed by atoms with Gasteiger partial charge in [0.2, 0.25) is 0 Å². The third-order valence-electron chi connectivity index (χ3n) is 1.62. The Morgan fingerprint density at radius 1 is 1.36 bits per heavy atom. The molecule has 0 bridgehead atoms. The normalized spacial score (nSPS) is 10.2. The van der Waals surface area contributed by atoms with E-state index in [9.17, 15) is 4.79 Å². The second-order valence-corrected chi connectivity index (χ2v) is 3.50. The van der Waals surface area contributed by atoms with Gasteiger partial charge in [-0.25, -0.2) is 5.48 Å². The zero-order valence-corrected chi connectivity index (χ0v) is 8.49. The van der Waals surface area contributed by atoms with Crippen LogP contribution in [0.25, 0.3) is 0 Å². The van der Waals surface area contributed by atoms with E-state index in [1.54, 1.807) is 12.1 Å². The summed E-state index contributed by atoms with van der Waals surface area (Å²) in [5.74, 6) is 0.206. The van der Waals surface area contributed by atoms with Crippen molar-refractivity contribution in [1.82, 2.24) is 5.48 Å². The van der Waals surface area contributed by atoms with Crippen molar-refractivity contribution < 1.29 is 9.63 Å². The average molecular weight is 193 g/mol. The number of amides is 1. The Hall–Kier alpha value is -1.35. The van der Waals surface area contributed by atoms with Gasteiger partial charge in [-0.05, 0) is 18.1 Å². The molecule has 0 aromatic heterocycles. The minimum absolute atomic E-state index is 0.203. The molecule has 0 aliphatic heterocycles. The van der Waals surface area contributed by atoms with Gasteiger partial charge < -0.3 is 0 Å². The van der Waals surface area contributed by atoms with E-state index < -0.39 is 0 Å². The molecule has 0 saturated heterocycles. The smallest absolute Gasteiger partial charge is 0.273 e. The predicted molar refractivity (Wildman–Crippen MR) is 54.7 cm³/mol. The molecular weight excluding hydrogens is 178 g/mol. The van der Waals surface area contributed by atoms with E-state index in [0.29, 0.717) is 18.1 Å². The van der Waals surface area contributed by atoms with Crippen LogP contribution in [0.5, 0.6) is 0 Å². The number of benzene rings is 1. The standard InChI is InChI=1S/C11H15NO2/c1-9(2)8-14-12-11(13)10-6-4-3-5-7-10/h3-7,9H,8H2,1-2H3,(H,12,13). The molecule has 0 radical (unpaired) electrons. The van der Waals surface area contributed by atoms with Crippen LogP contribution in [-0.4, -0.2) is 12.5 Å². The molecule has 1 N–H and O–H groups in total. The summed E-state index contributed by atoms with van der Waals surface area (Å²) >= 11 is 0. The fraction of sp³-hybridized carbons (Fsp3) is 0.364. The Morgan fingerprint density at radius 3 is 2.57 bits per heavy atom. The van der Waals surface area contributed by atoms with Gasteiger partial charge in [-0.1, -0.05) is 32.0 Å². The molecule has 0 aliphatic rings. The first-order chi connectivity index (χ1) is 6.70. The lowest BCUT2D eigenvalue weighted by Crippen LogP contribution is -2.25. The van der Waals surface area contributed by atoms with Gasteiger partial charge in [-0.2, -0.15) is 0 Å². The highest BCUT2D eigenvalue weighted by Gasteiger charge is 2.03. The highest BCUT2D eigenvalue weighted by Crippen LogP contribution is 1.98. The maximum atomic E-state index is 11.4. The van der Waals surface area contributed by atoms with Crippen LogP contribution in [0.2, 0.25) is 0 Å². The van der Waals surface area contributed by atoms with Crippen LogP contribution in [0.1, 0.15) is 24.2 Å². The van der Waals surface area contributed by atoms with E-state index >= 15 is 0 Å². The summed E-state index contributed by atoms with van der Waals surface area (Å²) < 4.78 is 0. The highest BCUT2D eigenvalue weighted by molar-refractivity contribution is 5.93. The van der Waals surface area contributed by atoms with Crippen molar-refractivity contribution in [3.8, 4) is 0 Å². The van der Waals surface area contributed by atoms with Crippen LogP contribution in [0.3, 0.4) is 0 Å². The van der Waals surface area contributed by atoms with Gasteiger partial charge in [-0.15, -0.1) is 0 Å². The van der Waals surface area contributed by atoms with Crippen LogP contribution < -0.4 is 5.48 Å². The van der Waals surface area contributed by atoms with Gasteiger partial charge in [-0.3, -0.25) is 9.63 Å². The molecule has 1 aromatic carbocycles. The number of hydrogen-bond donors (Lipinski definition) is 1. The van der Waals surface area contributed by atoms with Gasteiger partial charge in [0.05, 0.1) is 6.61 Å². The van der Waals surface area contributed by atoms with Gasteiger partial charge in [0.25, 0.3) is 5.91 Å². The molecule has 3 nitrogen and oxygen atoms in total. The number of carbonyl (C=O) groups is 1. The maximum Gasteiger partial charge on any atom is 0.274 e. The summed E-state index contributed by atoms with van der Waals surface area (Å²) in [6.07, 6.45) is 0. The topological polar surface area (TPSA) is 38.3 Å². The molecule has 0 fully saturated rings. The van der Waals surface area contributed by atoms with Crippen molar-refractivity contribution >= 4 is 5.91 Å². The van der Waals surface area contributed by atoms with Gasteiger partial charge in [0.1, 0.15) is 0 Å². The Morgan fingerprint density at radius 2 is 2.00 bits per heavy atom. The van der Waals surface area contributed by atoms with Crippen molar-refractivity contribution in [2.75, 3.05) is 6.61 Å². The van der Waals surface area contributed by atoms with Crippen LogP contribution in [-0.2, 0) is 4.84 Å². The highest BCUT2D eigenvalue weighted by atomic mass is 16.6. The maximum absolute atomic E-state index is 11.4.